The van der Waals surface area contributed by atoms with Gasteiger partial charge in [0.2, 0.25) is 0 Å². The summed E-state index contributed by atoms with van der Waals surface area (Å²) in [6, 6.07) is 1.51. The molecule has 3 unspecified atom stereocenters. The van der Waals surface area contributed by atoms with E-state index in [4.69, 9.17) is 5.73 Å². The van der Waals surface area contributed by atoms with Crippen molar-refractivity contribution in [1.82, 2.24) is 9.80 Å². The van der Waals surface area contributed by atoms with Gasteiger partial charge in [-0.25, -0.2) is 0 Å². The lowest BCUT2D eigenvalue weighted by molar-refractivity contribution is 0.00297. The van der Waals surface area contributed by atoms with Crippen molar-refractivity contribution in [2.75, 3.05) is 33.2 Å². The number of hydrogen-bond acceptors (Lipinski definition) is 3. The highest BCUT2D eigenvalue weighted by atomic mass is 15.2. The van der Waals surface area contributed by atoms with Crippen LogP contribution in [0.4, 0.5) is 0 Å². The fraction of sp³-hybridized carbons (Fsp3) is 1.00. The van der Waals surface area contributed by atoms with Gasteiger partial charge in [0, 0.05) is 31.7 Å². The minimum Gasteiger partial charge on any atom is -0.329 e. The first kappa shape index (κ1) is 15.8. The van der Waals surface area contributed by atoms with Crippen LogP contribution in [0, 0.1) is 17.8 Å². The van der Waals surface area contributed by atoms with Crippen LogP contribution >= 0.6 is 0 Å². The van der Waals surface area contributed by atoms with Gasteiger partial charge in [0.1, 0.15) is 0 Å². The molecule has 0 aromatic heterocycles. The Morgan fingerprint density at radius 3 is 2.52 bits per heavy atom. The molecule has 3 atom stereocenters. The molecule has 2 aliphatic heterocycles. The zero-order chi connectivity index (χ0) is 14.8. The van der Waals surface area contributed by atoms with Gasteiger partial charge < -0.3 is 10.6 Å². The van der Waals surface area contributed by atoms with E-state index >= 15 is 0 Å². The molecule has 0 radical (unpaired) electrons. The summed E-state index contributed by atoms with van der Waals surface area (Å²) in [5.41, 5.74) is 6.21. The average Bonchev–Trinajstić information content (AvgIpc) is 2.50. The van der Waals surface area contributed by atoms with E-state index in [2.05, 4.69) is 23.8 Å². The predicted octanol–water partition coefficient (Wildman–Crippen LogP) is 2.56. The molecule has 0 aromatic carbocycles. The zero-order valence-electron chi connectivity index (χ0n) is 14.1. The highest BCUT2D eigenvalue weighted by Crippen LogP contribution is 2.35. The minimum absolute atomic E-state index is 0.658. The van der Waals surface area contributed by atoms with Crippen molar-refractivity contribution in [1.29, 1.82) is 0 Å². The van der Waals surface area contributed by atoms with Gasteiger partial charge in [0.25, 0.3) is 0 Å². The Kier molecular flexibility index (Phi) is 5.23. The largest absolute Gasteiger partial charge is 0.329 e. The standard InChI is InChI=1S/C18H35N3/c1-14-5-7-15(8-6-14)18(12-19)21-11-9-17-16(13-21)4-3-10-20(17)2/h14-18H,3-13,19H2,1-2H3. The Morgan fingerprint density at radius 2 is 1.81 bits per heavy atom. The molecule has 122 valence electrons. The molecule has 0 spiro atoms. The lowest BCUT2D eigenvalue weighted by Gasteiger charge is -2.49. The molecule has 3 aliphatic rings. The van der Waals surface area contributed by atoms with E-state index in [9.17, 15) is 0 Å². The number of rotatable bonds is 3. The molecule has 3 rings (SSSR count). The maximum atomic E-state index is 6.21. The first-order valence-corrected chi connectivity index (χ1v) is 9.33. The third-order valence-corrected chi connectivity index (χ3v) is 6.69. The third-order valence-electron chi connectivity index (χ3n) is 6.69. The molecule has 0 aromatic rings. The van der Waals surface area contributed by atoms with Crippen LogP contribution in [-0.2, 0) is 0 Å². The van der Waals surface area contributed by atoms with Crippen LogP contribution in [-0.4, -0.2) is 55.1 Å². The molecule has 2 saturated heterocycles. The van der Waals surface area contributed by atoms with Gasteiger partial charge >= 0.3 is 0 Å². The van der Waals surface area contributed by atoms with Gasteiger partial charge in [0.05, 0.1) is 0 Å². The summed E-state index contributed by atoms with van der Waals surface area (Å²) >= 11 is 0. The van der Waals surface area contributed by atoms with Gasteiger partial charge in [0.15, 0.2) is 0 Å². The van der Waals surface area contributed by atoms with Gasteiger partial charge in [-0.05, 0) is 63.5 Å². The van der Waals surface area contributed by atoms with Crippen molar-refractivity contribution >= 4 is 0 Å². The van der Waals surface area contributed by atoms with Crippen LogP contribution in [0.15, 0.2) is 0 Å². The Bertz CT molecular complexity index is 324. The second kappa shape index (κ2) is 6.97. The first-order valence-electron chi connectivity index (χ1n) is 9.33. The Hall–Kier alpha value is -0.120. The first-order chi connectivity index (χ1) is 10.2. The number of piperidine rings is 2. The van der Waals surface area contributed by atoms with E-state index in [0.717, 1.165) is 30.3 Å². The quantitative estimate of drug-likeness (QED) is 0.868. The summed E-state index contributed by atoms with van der Waals surface area (Å²) < 4.78 is 0. The second-order valence-electron chi connectivity index (χ2n) is 8.06. The lowest BCUT2D eigenvalue weighted by atomic mass is 9.77. The molecule has 2 N–H and O–H groups in total. The van der Waals surface area contributed by atoms with Crippen LogP contribution in [0.3, 0.4) is 0 Å². The molecule has 0 amide bonds. The molecule has 3 fully saturated rings. The van der Waals surface area contributed by atoms with E-state index < -0.39 is 0 Å². The molecule has 3 nitrogen and oxygen atoms in total. The minimum atomic E-state index is 0.658. The van der Waals surface area contributed by atoms with Crippen LogP contribution < -0.4 is 5.73 Å². The second-order valence-corrected chi connectivity index (χ2v) is 8.06. The Labute approximate surface area is 131 Å². The molecular weight excluding hydrogens is 258 g/mol. The maximum absolute atomic E-state index is 6.21. The van der Waals surface area contributed by atoms with E-state index in [1.54, 1.807) is 0 Å². The summed E-state index contributed by atoms with van der Waals surface area (Å²) in [5, 5.41) is 0. The molecule has 0 bridgehead atoms. The Morgan fingerprint density at radius 1 is 1.05 bits per heavy atom. The Balaban J connectivity index is 1.60. The number of nitrogens with two attached hydrogens (primary N) is 1. The van der Waals surface area contributed by atoms with Crippen LogP contribution in [0.2, 0.25) is 0 Å². The topological polar surface area (TPSA) is 32.5 Å². The molecule has 1 saturated carbocycles. The molecule has 3 heteroatoms. The van der Waals surface area contributed by atoms with Crippen LogP contribution in [0.25, 0.3) is 0 Å². The molecule has 1 aliphatic carbocycles. The van der Waals surface area contributed by atoms with Gasteiger partial charge in [-0.15, -0.1) is 0 Å². The molecular formula is C18H35N3. The van der Waals surface area contributed by atoms with Crippen molar-refractivity contribution in [3.63, 3.8) is 0 Å². The monoisotopic (exact) mass is 293 g/mol. The SMILES string of the molecule is CC1CCC(C(CN)N2CCC3C(CCCN3C)C2)CC1. The van der Waals surface area contributed by atoms with E-state index in [0.29, 0.717) is 6.04 Å². The fourth-order valence-electron chi connectivity index (χ4n) is 5.29. The van der Waals surface area contributed by atoms with Crippen molar-refractivity contribution in [3.8, 4) is 0 Å². The highest BCUT2D eigenvalue weighted by Gasteiger charge is 2.38. The summed E-state index contributed by atoms with van der Waals surface area (Å²) in [6.45, 7) is 7.17. The fourth-order valence-corrected chi connectivity index (χ4v) is 5.29. The maximum Gasteiger partial charge on any atom is 0.0246 e. The molecule has 2 heterocycles. The van der Waals surface area contributed by atoms with Crippen LogP contribution in [0.1, 0.15) is 51.9 Å². The normalized spacial score (nSPS) is 40.7. The predicted molar refractivity (Wildman–Crippen MR) is 89.3 cm³/mol. The van der Waals surface area contributed by atoms with Gasteiger partial charge in [-0.2, -0.15) is 0 Å². The lowest BCUT2D eigenvalue weighted by Crippen LogP contribution is -2.57. The summed E-state index contributed by atoms with van der Waals surface area (Å²) in [7, 11) is 2.33. The summed E-state index contributed by atoms with van der Waals surface area (Å²) in [4.78, 5) is 5.40. The highest BCUT2D eigenvalue weighted by molar-refractivity contribution is 4.93. The number of nitrogens with zero attached hydrogens (tertiary/aromatic N) is 2. The van der Waals surface area contributed by atoms with Gasteiger partial charge in [-0.3, -0.25) is 4.90 Å². The summed E-state index contributed by atoms with van der Waals surface area (Å²) in [5.74, 6) is 2.70. The third kappa shape index (κ3) is 3.46. The number of hydrogen-bond donors (Lipinski definition) is 1. The number of fused-ring (bicyclic) bond motifs is 1. The van der Waals surface area contributed by atoms with Crippen molar-refractivity contribution in [2.24, 2.45) is 23.5 Å². The number of likely N-dealkylation sites (tertiary alicyclic amines) is 2. The van der Waals surface area contributed by atoms with Crippen molar-refractivity contribution in [2.45, 2.75) is 64.0 Å². The van der Waals surface area contributed by atoms with E-state index in [1.807, 2.05) is 0 Å². The van der Waals surface area contributed by atoms with Crippen LogP contribution in [0.5, 0.6) is 0 Å². The van der Waals surface area contributed by atoms with Crippen molar-refractivity contribution in [3.05, 3.63) is 0 Å². The molecule has 21 heavy (non-hydrogen) atoms. The van der Waals surface area contributed by atoms with E-state index in [1.165, 1.54) is 64.6 Å². The average molecular weight is 293 g/mol. The van der Waals surface area contributed by atoms with Gasteiger partial charge in [-0.1, -0.05) is 19.8 Å². The summed E-state index contributed by atoms with van der Waals surface area (Å²) in [6.07, 6.45) is 9.85. The smallest absolute Gasteiger partial charge is 0.0246 e. The van der Waals surface area contributed by atoms with Crippen molar-refractivity contribution < 1.29 is 0 Å². The van der Waals surface area contributed by atoms with E-state index in [-0.39, 0.29) is 0 Å². The zero-order valence-corrected chi connectivity index (χ0v) is 14.1.